The van der Waals surface area contributed by atoms with Crippen LogP contribution in [-0.4, -0.2) is 38.1 Å². The predicted octanol–water partition coefficient (Wildman–Crippen LogP) is 3.20. The van der Waals surface area contributed by atoms with Crippen molar-refractivity contribution in [3.05, 3.63) is 58.1 Å². The Hall–Kier alpha value is -2.24. The molecule has 2 rings (SSSR count). The van der Waals surface area contributed by atoms with Crippen LogP contribution in [0.4, 0.5) is 0 Å². The molecule has 0 aliphatic rings. The van der Waals surface area contributed by atoms with Crippen LogP contribution in [0.2, 0.25) is 5.02 Å². The maximum Gasteiger partial charge on any atom is 0.236 e. The zero-order valence-corrected chi connectivity index (χ0v) is 16.2. The largest absolute Gasteiger partial charge is 0.497 e. The lowest BCUT2D eigenvalue weighted by Gasteiger charge is -2.23. The number of halogens is 1. The quantitative estimate of drug-likeness (QED) is 0.768. The fourth-order valence-electron chi connectivity index (χ4n) is 2.88. The van der Waals surface area contributed by atoms with E-state index < -0.39 is 0 Å². The average molecular weight is 377 g/mol. The highest BCUT2D eigenvalue weighted by molar-refractivity contribution is 6.30. The SMILES string of the molecule is COc1ccc(OC)c(CCN(Cc2cc(C)cc(Cl)c2)C(=O)CN)c1. The van der Waals surface area contributed by atoms with Gasteiger partial charge in [0.2, 0.25) is 5.91 Å². The summed E-state index contributed by atoms with van der Waals surface area (Å²) in [5.74, 6) is 1.41. The summed E-state index contributed by atoms with van der Waals surface area (Å²) < 4.78 is 10.7. The van der Waals surface area contributed by atoms with Crippen LogP contribution in [0.25, 0.3) is 0 Å². The van der Waals surface area contributed by atoms with Gasteiger partial charge in [-0.2, -0.15) is 0 Å². The van der Waals surface area contributed by atoms with Crippen molar-refractivity contribution in [2.45, 2.75) is 19.9 Å². The van der Waals surface area contributed by atoms with Crippen molar-refractivity contribution < 1.29 is 14.3 Å². The topological polar surface area (TPSA) is 64.8 Å². The summed E-state index contributed by atoms with van der Waals surface area (Å²) in [7, 11) is 3.25. The number of hydrogen-bond acceptors (Lipinski definition) is 4. The monoisotopic (exact) mass is 376 g/mol. The highest BCUT2D eigenvalue weighted by Crippen LogP contribution is 2.25. The zero-order valence-electron chi connectivity index (χ0n) is 15.4. The Morgan fingerprint density at radius 2 is 1.92 bits per heavy atom. The summed E-state index contributed by atoms with van der Waals surface area (Å²) in [5, 5.41) is 0.662. The molecule has 2 aromatic carbocycles. The molecular formula is C20H25ClN2O3. The molecule has 0 unspecified atom stereocenters. The Morgan fingerprint density at radius 1 is 1.15 bits per heavy atom. The highest BCUT2D eigenvalue weighted by atomic mass is 35.5. The van der Waals surface area contributed by atoms with Gasteiger partial charge in [0.05, 0.1) is 20.8 Å². The van der Waals surface area contributed by atoms with Crippen LogP contribution in [0.15, 0.2) is 36.4 Å². The molecule has 0 aromatic heterocycles. The molecule has 0 saturated heterocycles. The van der Waals surface area contributed by atoms with Gasteiger partial charge < -0.3 is 20.1 Å². The summed E-state index contributed by atoms with van der Waals surface area (Å²) >= 11 is 6.13. The molecule has 1 amide bonds. The van der Waals surface area contributed by atoms with Gasteiger partial charge in [0.15, 0.2) is 0 Å². The van der Waals surface area contributed by atoms with Gasteiger partial charge in [-0.3, -0.25) is 4.79 Å². The summed E-state index contributed by atoms with van der Waals surface area (Å²) in [5.41, 5.74) is 8.61. The maximum atomic E-state index is 12.3. The van der Waals surface area contributed by atoms with Crippen LogP contribution in [0.1, 0.15) is 16.7 Å². The first-order valence-corrected chi connectivity index (χ1v) is 8.79. The van der Waals surface area contributed by atoms with Gasteiger partial charge >= 0.3 is 0 Å². The smallest absolute Gasteiger partial charge is 0.236 e. The molecule has 6 heteroatoms. The van der Waals surface area contributed by atoms with Gasteiger partial charge in [0.1, 0.15) is 11.5 Å². The highest BCUT2D eigenvalue weighted by Gasteiger charge is 2.15. The molecule has 140 valence electrons. The minimum Gasteiger partial charge on any atom is -0.497 e. The molecular weight excluding hydrogens is 352 g/mol. The van der Waals surface area contributed by atoms with E-state index >= 15 is 0 Å². The summed E-state index contributed by atoms with van der Waals surface area (Å²) in [6.07, 6.45) is 0.631. The van der Waals surface area contributed by atoms with Crippen LogP contribution >= 0.6 is 11.6 Å². The minimum absolute atomic E-state index is 0.0329. The van der Waals surface area contributed by atoms with E-state index in [4.69, 9.17) is 26.8 Å². The summed E-state index contributed by atoms with van der Waals surface area (Å²) in [6, 6.07) is 11.4. The lowest BCUT2D eigenvalue weighted by atomic mass is 10.1. The lowest BCUT2D eigenvalue weighted by Crippen LogP contribution is -2.37. The number of ether oxygens (including phenoxy) is 2. The third-order valence-electron chi connectivity index (χ3n) is 4.14. The number of carbonyl (C=O) groups excluding carboxylic acids is 1. The number of nitrogens with two attached hydrogens (primary N) is 1. The number of amides is 1. The third-order valence-corrected chi connectivity index (χ3v) is 4.36. The van der Waals surface area contributed by atoms with E-state index in [0.717, 1.165) is 28.2 Å². The number of rotatable bonds is 8. The van der Waals surface area contributed by atoms with Crippen LogP contribution in [0.5, 0.6) is 11.5 Å². The van der Waals surface area contributed by atoms with Crippen molar-refractivity contribution in [1.29, 1.82) is 0 Å². The summed E-state index contributed by atoms with van der Waals surface area (Å²) in [4.78, 5) is 14.0. The van der Waals surface area contributed by atoms with Gasteiger partial charge in [-0.05, 0) is 60.4 Å². The third kappa shape index (κ3) is 5.38. The summed E-state index contributed by atoms with van der Waals surface area (Å²) in [6.45, 7) is 2.93. The molecule has 0 radical (unpaired) electrons. The fraction of sp³-hybridized carbons (Fsp3) is 0.350. The minimum atomic E-state index is -0.107. The molecule has 0 heterocycles. The van der Waals surface area contributed by atoms with E-state index in [9.17, 15) is 4.79 Å². The number of aryl methyl sites for hydroxylation is 1. The molecule has 2 aromatic rings. The average Bonchev–Trinajstić information content (AvgIpc) is 2.63. The molecule has 0 atom stereocenters. The normalized spacial score (nSPS) is 10.5. The van der Waals surface area contributed by atoms with Gasteiger partial charge in [-0.1, -0.05) is 17.7 Å². The van der Waals surface area contributed by atoms with E-state index in [1.54, 1.807) is 19.1 Å². The van der Waals surface area contributed by atoms with Crippen molar-refractivity contribution in [2.75, 3.05) is 27.3 Å². The second-order valence-electron chi connectivity index (χ2n) is 6.08. The number of hydrogen-bond donors (Lipinski definition) is 1. The van der Waals surface area contributed by atoms with E-state index in [2.05, 4.69) is 0 Å². The molecule has 5 nitrogen and oxygen atoms in total. The van der Waals surface area contributed by atoms with E-state index in [0.29, 0.717) is 24.5 Å². The maximum absolute atomic E-state index is 12.3. The zero-order chi connectivity index (χ0) is 19.1. The molecule has 0 saturated carbocycles. The van der Waals surface area contributed by atoms with E-state index in [1.165, 1.54) is 0 Å². The first-order chi connectivity index (χ1) is 12.5. The second-order valence-corrected chi connectivity index (χ2v) is 6.52. The van der Waals surface area contributed by atoms with Crippen molar-refractivity contribution in [2.24, 2.45) is 5.73 Å². The van der Waals surface area contributed by atoms with Crippen LogP contribution < -0.4 is 15.2 Å². The van der Waals surface area contributed by atoms with Gasteiger partial charge in [0, 0.05) is 18.1 Å². The van der Waals surface area contributed by atoms with Crippen LogP contribution in [0, 0.1) is 6.92 Å². The molecule has 2 N–H and O–H groups in total. The van der Waals surface area contributed by atoms with E-state index in [1.807, 2.05) is 43.3 Å². The van der Waals surface area contributed by atoms with Gasteiger partial charge in [0.25, 0.3) is 0 Å². The van der Waals surface area contributed by atoms with Crippen LogP contribution in [-0.2, 0) is 17.8 Å². The van der Waals surface area contributed by atoms with Gasteiger partial charge in [-0.25, -0.2) is 0 Å². The van der Waals surface area contributed by atoms with Crippen molar-refractivity contribution >= 4 is 17.5 Å². The lowest BCUT2D eigenvalue weighted by molar-refractivity contribution is -0.130. The number of benzene rings is 2. The fourth-order valence-corrected chi connectivity index (χ4v) is 3.19. The van der Waals surface area contributed by atoms with Gasteiger partial charge in [-0.15, -0.1) is 0 Å². The first-order valence-electron chi connectivity index (χ1n) is 8.41. The van der Waals surface area contributed by atoms with Crippen molar-refractivity contribution in [3.8, 4) is 11.5 Å². The molecule has 26 heavy (non-hydrogen) atoms. The Bertz CT molecular complexity index is 744. The molecule has 0 bridgehead atoms. The molecule has 0 aliphatic heterocycles. The standard InChI is InChI=1S/C20H25ClN2O3/c1-14-8-15(10-17(21)9-14)13-23(20(24)12-22)7-6-16-11-18(25-2)4-5-19(16)26-3/h4-5,8-11H,6-7,12-13,22H2,1-3H3. The Kier molecular flexibility index (Phi) is 7.30. The van der Waals surface area contributed by atoms with E-state index in [-0.39, 0.29) is 12.5 Å². The molecule has 0 aliphatic carbocycles. The Labute approximate surface area is 159 Å². The number of methoxy groups -OCH3 is 2. The van der Waals surface area contributed by atoms with Crippen LogP contribution in [0.3, 0.4) is 0 Å². The molecule has 0 spiro atoms. The predicted molar refractivity (Wildman–Crippen MR) is 104 cm³/mol. The second kappa shape index (κ2) is 9.46. The Balaban J connectivity index is 2.17. The Morgan fingerprint density at radius 3 is 2.54 bits per heavy atom. The first kappa shape index (κ1) is 20.1. The number of nitrogens with zero attached hydrogens (tertiary/aromatic N) is 1. The molecule has 0 fully saturated rings. The number of carbonyl (C=O) groups is 1. The van der Waals surface area contributed by atoms with Crippen molar-refractivity contribution in [3.63, 3.8) is 0 Å². The van der Waals surface area contributed by atoms with Crippen molar-refractivity contribution in [1.82, 2.24) is 4.90 Å².